The molecule has 10 heavy (non-hydrogen) atoms. The zero-order valence-corrected chi connectivity index (χ0v) is 6.26. The summed E-state index contributed by atoms with van der Waals surface area (Å²) in [6, 6.07) is 0. The first-order valence-electron chi connectivity index (χ1n) is 3.18. The summed E-state index contributed by atoms with van der Waals surface area (Å²) in [5, 5.41) is 12.5. The van der Waals surface area contributed by atoms with E-state index >= 15 is 0 Å². The minimum absolute atomic E-state index is 0.0156. The monoisotopic (exact) mass is 140 g/mol. The molecule has 1 rings (SSSR count). The van der Waals surface area contributed by atoms with Crippen LogP contribution in [-0.4, -0.2) is 23.7 Å². The fraction of sp³-hybridized carbons (Fsp3) is 0.667. The van der Waals surface area contributed by atoms with Gasteiger partial charge in [-0.25, -0.2) is 5.01 Å². The maximum atomic E-state index is 7.06. The van der Waals surface area contributed by atoms with Gasteiger partial charge in [-0.2, -0.15) is 5.10 Å². The third kappa shape index (κ3) is 1.26. The smallest absolute Gasteiger partial charge is 0.209 e. The second-order valence-corrected chi connectivity index (χ2v) is 3.18. The zero-order valence-electron chi connectivity index (χ0n) is 6.26. The van der Waals surface area contributed by atoms with Crippen LogP contribution in [0.2, 0.25) is 0 Å². The van der Waals surface area contributed by atoms with E-state index in [9.17, 15) is 0 Å². The quantitative estimate of drug-likeness (QED) is 0.373. The van der Waals surface area contributed by atoms with E-state index in [1.807, 2.05) is 6.21 Å². The molecule has 0 fully saturated rings. The maximum absolute atomic E-state index is 7.06. The van der Waals surface area contributed by atoms with Crippen LogP contribution >= 0.6 is 0 Å². The molecule has 0 aromatic carbocycles. The molecule has 4 heteroatoms. The molecule has 0 aromatic rings. The lowest BCUT2D eigenvalue weighted by Crippen LogP contribution is -2.34. The Balaban J connectivity index is 2.62. The molecule has 0 bridgehead atoms. The predicted octanol–water partition coefficient (Wildman–Crippen LogP) is 0.207. The van der Waals surface area contributed by atoms with E-state index in [-0.39, 0.29) is 11.4 Å². The molecule has 0 spiro atoms. The molecule has 1 aliphatic heterocycles. The van der Waals surface area contributed by atoms with Crippen molar-refractivity contribution >= 4 is 12.2 Å². The fourth-order valence-electron chi connectivity index (χ4n) is 0.841. The molecule has 56 valence electrons. The number of nitrogens with one attached hydrogen (secondary N) is 1. The number of hydrogen-bond donors (Lipinski definition) is 2. The van der Waals surface area contributed by atoms with Crippen LogP contribution in [0.5, 0.6) is 0 Å². The third-order valence-corrected chi connectivity index (χ3v) is 1.38. The SMILES string of the molecule is CC1(C)C=NN(C(=N)N)C1. The predicted molar refractivity (Wildman–Crippen MR) is 40.9 cm³/mol. The molecule has 0 saturated carbocycles. The van der Waals surface area contributed by atoms with Crippen molar-refractivity contribution in [3.05, 3.63) is 0 Å². The average Bonchev–Trinajstić information content (AvgIpc) is 2.10. The minimum Gasteiger partial charge on any atom is -0.369 e. The molecule has 0 saturated heterocycles. The summed E-state index contributed by atoms with van der Waals surface area (Å²) in [5.41, 5.74) is 5.28. The fourth-order valence-corrected chi connectivity index (χ4v) is 0.841. The molecule has 1 aliphatic rings. The molecule has 3 N–H and O–H groups in total. The van der Waals surface area contributed by atoms with Gasteiger partial charge in [-0.15, -0.1) is 0 Å². The Bertz CT molecular complexity index is 182. The highest BCUT2D eigenvalue weighted by Gasteiger charge is 2.25. The van der Waals surface area contributed by atoms with Gasteiger partial charge in [-0.3, -0.25) is 5.41 Å². The van der Waals surface area contributed by atoms with E-state index in [1.165, 1.54) is 5.01 Å². The molecular formula is C6H12N4. The molecule has 0 unspecified atom stereocenters. The van der Waals surface area contributed by atoms with Crippen molar-refractivity contribution in [1.82, 2.24) is 5.01 Å². The summed E-state index contributed by atoms with van der Waals surface area (Å²) in [5.74, 6) is 0.0156. The number of guanidine groups is 1. The molecule has 0 aromatic heterocycles. The number of nitrogens with two attached hydrogens (primary N) is 1. The van der Waals surface area contributed by atoms with Gasteiger partial charge in [0.1, 0.15) is 0 Å². The van der Waals surface area contributed by atoms with Gasteiger partial charge in [0.15, 0.2) is 0 Å². The Labute approximate surface area is 60.2 Å². The van der Waals surface area contributed by atoms with E-state index in [0.29, 0.717) is 6.54 Å². The normalized spacial score (nSPS) is 21.6. The highest BCUT2D eigenvalue weighted by molar-refractivity contribution is 5.79. The summed E-state index contributed by atoms with van der Waals surface area (Å²) >= 11 is 0. The number of hydrazone groups is 1. The highest BCUT2D eigenvalue weighted by atomic mass is 15.5. The number of rotatable bonds is 0. The lowest BCUT2D eigenvalue weighted by Gasteiger charge is -2.16. The lowest BCUT2D eigenvalue weighted by atomic mass is 9.97. The standard InChI is InChI=1S/C6H12N4/c1-6(2)3-9-10(4-6)5(7)8/h3H,4H2,1-2H3,(H3,7,8). The lowest BCUT2D eigenvalue weighted by molar-refractivity contribution is 0.381. The molecule has 0 amide bonds. The molecular weight excluding hydrogens is 128 g/mol. The summed E-state index contributed by atoms with van der Waals surface area (Å²) in [7, 11) is 0. The summed E-state index contributed by atoms with van der Waals surface area (Å²) in [4.78, 5) is 0. The van der Waals surface area contributed by atoms with Crippen LogP contribution in [0.3, 0.4) is 0 Å². The molecule has 0 radical (unpaired) electrons. The van der Waals surface area contributed by atoms with Crippen LogP contribution in [0.25, 0.3) is 0 Å². The van der Waals surface area contributed by atoms with E-state index in [0.717, 1.165) is 0 Å². The molecule has 4 nitrogen and oxygen atoms in total. The Morgan fingerprint density at radius 1 is 1.80 bits per heavy atom. The van der Waals surface area contributed by atoms with Gasteiger partial charge in [-0.1, -0.05) is 13.8 Å². The van der Waals surface area contributed by atoms with E-state index < -0.39 is 0 Å². The summed E-state index contributed by atoms with van der Waals surface area (Å²) in [6.07, 6.45) is 1.81. The number of hydrogen-bond acceptors (Lipinski definition) is 2. The first kappa shape index (κ1) is 7.05. The van der Waals surface area contributed by atoms with Crippen molar-refractivity contribution in [1.29, 1.82) is 5.41 Å². The Kier molecular flexibility index (Phi) is 1.39. The third-order valence-electron chi connectivity index (χ3n) is 1.38. The van der Waals surface area contributed by atoms with Gasteiger partial charge in [0.2, 0.25) is 5.96 Å². The van der Waals surface area contributed by atoms with Crippen LogP contribution < -0.4 is 5.73 Å². The summed E-state index contributed by atoms with van der Waals surface area (Å²) < 4.78 is 0. The van der Waals surface area contributed by atoms with Crippen molar-refractivity contribution in [2.45, 2.75) is 13.8 Å². The van der Waals surface area contributed by atoms with Crippen molar-refractivity contribution < 1.29 is 0 Å². The summed E-state index contributed by atoms with van der Waals surface area (Å²) in [6.45, 7) is 4.82. The van der Waals surface area contributed by atoms with E-state index in [1.54, 1.807) is 0 Å². The average molecular weight is 140 g/mol. The van der Waals surface area contributed by atoms with Crippen molar-refractivity contribution in [3.8, 4) is 0 Å². The highest BCUT2D eigenvalue weighted by Crippen LogP contribution is 2.19. The Hall–Kier alpha value is -1.06. The van der Waals surface area contributed by atoms with E-state index in [4.69, 9.17) is 11.1 Å². The van der Waals surface area contributed by atoms with Crippen molar-refractivity contribution in [3.63, 3.8) is 0 Å². The van der Waals surface area contributed by atoms with Crippen LogP contribution in [0.1, 0.15) is 13.8 Å². The van der Waals surface area contributed by atoms with Gasteiger partial charge < -0.3 is 5.73 Å². The van der Waals surface area contributed by atoms with Gasteiger partial charge in [-0.05, 0) is 0 Å². The largest absolute Gasteiger partial charge is 0.369 e. The molecule has 1 heterocycles. The molecule has 0 atom stereocenters. The van der Waals surface area contributed by atoms with Crippen LogP contribution in [0, 0.1) is 10.8 Å². The van der Waals surface area contributed by atoms with Crippen molar-refractivity contribution in [2.24, 2.45) is 16.3 Å². The van der Waals surface area contributed by atoms with Crippen molar-refractivity contribution in [2.75, 3.05) is 6.54 Å². The first-order chi connectivity index (χ1) is 4.51. The van der Waals surface area contributed by atoms with Gasteiger partial charge >= 0.3 is 0 Å². The van der Waals surface area contributed by atoms with Gasteiger partial charge in [0, 0.05) is 11.6 Å². The van der Waals surface area contributed by atoms with Crippen LogP contribution in [-0.2, 0) is 0 Å². The van der Waals surface area contributed by atoms with Gasteiger partial charge in [0.25, 0.3) is 0 Å². The first-order valence-corrected chi connectivity index (χ1v) is 3.18. The second kappa shape index (κ2) is 1.97. The maximum Gasteiger partial charge on any atom is 0.209 e. The van der Waals surface area contributed by atoms with Gasteiger partial charge in [0.05, 0.1) is 6.54 Å². The van der Waals surface area contributed by atoms with Crippen LogP contribution in [0.15, 0.2) is 5.10 Å². The van der Waals surface area contributed by atoms with Crippen LogP contribution in [0.4, 0.5) is 0 Å². The Morgan fingerprint density at radius 3 is 2.60 bits per heavy atom. The van der Waals surface area contributed by atoms with E-state index in [2.05, 4.69) is 18.9 Å². The minimum atomic E-state index is 0.0156. The topological polar surface area (TPSA) is 65.5 Å². The Morgan fingerprint density at radius 2 is 2.40 bits per heavy atom. The molecule has 0 aliphatic carbocycles. The number of nitrogens with zero attached hydrogens (tertiary/aromatic N) is 2. The zero-order chi connectivity index (χ0) is 7.78. The second-order valence-electron chi connectivity index (χ2n) is 3.18.